The molecule has 0 bridgehead atoms. The number of hydrogen-bond acceptors (Lipinski definition) is 4. The zero-order valence-corrected chi connectivity index (χ0v) is 11.6. The van der Waals surface area contributed by atoms with Crippen LogP contribution < -0.4 is 5.73 Å². The Bertz CT molecular complexity index is 495. The van der Waals surface area contributed by atoms with Gasteiger partial charge in [0.15, 0.2) is 0 Å². The average molecular weight is 281 g/mol. The van der Waals surface area contributed by atoms with Crippen molar-refractivity contribution in [2.45, 2.75) is 32.4 Å². The van der Waals surface area contributed by atoms with Gasteiger partial charge in [0.25, 0.3) is 0 Å². The van der Waals surface area contributed by atoms with Crippen LogP contribution in [0, 0.1) is 21.8 Å². The van der Waals surface area contributed by atoms with Gasteiger partial charge >= 0.3 is 5.69 Å². The minimum absolute atomic E-state index is 0.303. The number of rotatable bonds is 4. The summed E-state index contributed by atoms with van der Waals surface area (Å²) in [7, 11) is 0. The Hall–Kier alpha value is -1.53. The highest BCUT2D eigenvalue weighted by Crippen LogP contribution is 2.25. The molecule has 5 nitrogen and oxygen atoms in total. The lowest BCUT2D eigenvalue weighted by Gasteiger charge is -2.38. The number of nitro groups is 1. The van der Waals surface area contributed by atoms with Gasteiger partial charge in [0.1, 0.15) is 0 Å². The summed E-state index contributed by atoms with van der Waals surface area (Å²) >= 11 is 0. The van der Waals surface area contributed by atoms with E-state index in [9.17, 15) is 14.5 Å². The first-order valence-corrected chi connectivity index (χ1v) is 6.88. The molecule has 0 radical (unpaired) electrons. The molecular weight excluding hydrogens is 261 g/mol. The maximum absolute atomic E-state index is 13.6. The Kier molecular flexibility index (Phi) is 4.67. The Morgan fingerprint density at radius 1 is 1.55 bits per heavy atom. The van der Waals surface area contributed by atoms with E-state index in [0.29, 0.717) is 25.0 Å². The molecule has 1 fully saturated rings. The second kappa shape index (κ2) is 6.28. The first-order valence-electron chi connectivity index (χ1n) is 6.88. The number of benzene rings is 1. The normalized spacial score (nSPS) is 23.8. The van der Waals surface area contributed by atoms with E-state index in [1.807, 2.05) is 0 Å². The van der Waals surface area contributed by atoms with Gasteiger partial charge in [0.05, 0.1) is 4.92 Å². The monoisotopic (exact) mass is 281 g/mol. The maximum Gasteiger partial charge on any atom is 0.304 e. The smallest absolute Gasteiger partial charge is 0.304 e. The highest BCUT2D eigenvalue weighted by Gasteiger charge is 2.25. The Morgan fingerprint density at radius 2 is 2.30 bits per heavy atom. The quantitative estimate of drug-likeness (QED) is 0.679. The van der Waals surface area contributed by atoms with E-state index in [2.05, 4.69) is 11.8 Å². The van der Waals surface area contributed by atoms with Crippen LogP contribution in [0.4, 0.5) is 10.1 Å². The molecule has 110 valence electrons. The zero-order valence-electron chi connectivity index (χ0n) is 11.6. The van der Waals surface area contributed by atoms with Crippen LogP contribution in [0.5, 0.6) is 0 Å². The minimum Gasteiger partial charge on any atom is -0.329 e. The molecule has 2 atom stereocenters. The van der Waals surface area contributed by atoms with E-state index in [4.69, 9.17) is 5.73 Å². The van der Waals surface area contributed by atoms with E-state index in [0.717, 1.165) is 24.9 Å². The van der Waals surface area contributed by atoms with Crippen molar-refractivity contribution in [3.63, 3.8) is 0 Å². The first kappa shape index (κ1) is 14.9. The van der Waals surface area contributed by atoms with Crippen LogP contribution in [0.2, 0.25) is 0 Å². The predicted molar refractivity (Wildman–Crippen MR) is 74.7 cm³/mol. The number of nitrogens with two attached hydrogens (primary N) is 1. The molecule has 6 heteroatoms. The Morgan fingerprint density at radius 3 is 2.90 bits per heavy atom. The number of halogens is 1. The van der Waals surface area contributed by atoms with Gasteiger partial charge in [-0.2, -0.15) is 4.39 Å². The maximum atomic E-state index is 13.6. The van der Waals surface area contributed by atoms with Gasteiger partial charge in [-0.15, -0.1) is 0 Å². The highest BCUT2D eigenvalue weighted by molar-refractivity contribution is 5.35. The summed E-state index contributed by atoms with van der Waals surface area (Å²) in [5.41, 5.74) is 6.07. The van der Waals surface area contributed by atoms with Crippen LogP contribution in [-0.4, -0.2) is 29.0 Å². The van der Waals surface area contributed by atoms with E-state index >= 15 is 0 Å². The van der Waals surface area contributed by atoms with Crippen molar-refractivity contribution in [2.24, 2.45) is 11.7 Å². The SMILES string of the molecule is CC1CCN(Cc2ccc([N+](=O)[O-])c(F)c2)C(CN)C1. The van der Waals surface area contributed by atoms with E-state index in [-0.39, 0.29) is 0 Å². The van der Waals surface area contributed by atoms with Gasteiger partial charge in [-0.1, -0.05) is 13.0 Å². The Labute approximate surface area is 117 Å². The minimum atomic E-state index is -0.776. The number of likely N-dealkylation sites (tertiary alicyclic amines) is 1. The molecule has 1 heterocycles. The van der Waals surface area contributed by atoms with Crippen molar-refractivity contribution >= 4 is 5.69 Å². The molecule has 2 unspecified atom stereocenters. The van der Waals surface area contributed by atoms with Gasteiger partial charge in [-0.25, -0.2) is 0 Å². The van der Waals surface area contributed by atoms with Crippen molar-refractivity contribution in [1.82, 2.24) is 4.90 Å². The van der Waals surface area contributed by atoms with Crippen LogP contribution in [0.1, 0.15) is 25.3 Å². The summed E-state index contributed by atoms with van der Waals surface area (Å²) < 4.78 is 13.6. The molecule has 1 aliphatic heterocycles. The lowest BCUT2D eigenvalue weighted by atomic mass is 9.92. The number of piperidine rings is 1. The third-order valence-corrected chi connectivity index (χ3v) is 3.97. The molecule has 1 aromatic rings. The molecule has 0 aromatic heterocycles. The van der Waals surface area contributed by atoms with Crippen LogP contribution in [0.25, 0.3) is 0 Å². The third-order valence-electron chi connectivity index (χ3n) is 3.97. The lowest BCUT2D eigenvalue weighted by Crippen LogP contribution is -2.45. The average Bonchev–Trinajstić information content (AvgIpc) is 2.40. The van der Waals surface area contributed by atoms with E-state index < -0.39 is 16.4 Å². The topological polar surface area (TPSA) is 72.4 Å². The molecule has 1 aromatic carbocycles. The Balaban J connectivity index is 2.09. The van der Waals surface area contributed by atoms with Crippen molar-refractivity contribution in [3.05, 3.63) is 39.7 Å². The second-order valence-electron chi connectivity index (χ2n) is 5.53. The number of nitro benzene ring substituents is 1. The molecule has 0 saturated carbocycles. The van der Waals surface area contributed by atoms with Crippen LogP contribution in [0.15, 0.2) is 18.2 Å². The summed E-state index contributed by atoms with van der Waals surface area (Å²) in [5, 5.41) is 10.6. The third kappa shape index (κ3) is 3.32. The van der Waals surface area contributed by atoms with Crippen LogP contribution in [0.3, 0.4) is 0 Å². The largest absolute Gasteiger partial charge is 0.329 e. The summed E-state index contributed by atoms with van der Waals surface area (Å²) in [6, 6.07) is 4.41. The van der Waals surface area contributed by atoms with Gasteiger partial charge < -0.3 is 5.73 Å². The molecule has 2 N–H and O–H groups in total. The molecular formula is C14H20FN3O2. The lowest BCUT2D eigenvalue weighted by molar-refractivity contribution is -0.387. The molecule has 20 heavy (non-hydrogen) atoms. The fourth-order valence-electron chi connectivity index (χ4n) is 2.78. The second-order valence-corrected chi connectivity index (χ2v) is 5.53. The zero-order chi connectivity index (χ0) is 14.7. The van der Waals surface area contributed by atoms with Crippen LogP contribution in [-0.2, 0) is 6.54 Å². The number of nitrogens with zero attached hydrogens (tertiary/aromatic N) is 2. The molecule has 2 rings (SSSR count). The van der Waals surface area contributed by atoms with Crippen molar-refractivity contribution in [3.8, 4) is 0 Å². The fourth-order valence-corrected chi connectivity index (χ4v) is 2.78. The summed E-state index contributed by atoms with van der Waals surface area (Å²) in [5.74, 6) is -0.115. The molecule has 0 aliphatic carbocycles. The summed E-state index contributed by atoms with van der Waals surface area (Å²) in [4.78, 5) is 12.1. The van der Waals surface area contributed by atoms with E-state index in [1.54, 1.807) is 6.07 Å². The van der Waals surface area contributed by atoms with Gasteiger partial charge in [0, 0.05) is 25.2 Å². The van der Waals surface area contributed by atoms with Crippen LogP contribution >= 0.6 is 0 Å². The van der Waals surface area contributed by atoms with Gasteiger partial charge in [0.2, 0.25) is 5.82 Å². The van der Waals surface area contributed by atoms with E-state index in [1.165, 1.54) is 12.1 Å². The van der Waals surface area contributed by atoms with Gasteiger partial charge in [-0.05, 0) is 36.9 Å². The molecule has 1 aliphatic rings. The van der Waals surface area contributed by atoms with Gasteiger partial charge in [-0.3, -0.25) is 15.0 Å². The molecule has 0 spiro atoms. The summed E-state index contributed by atoms with van der Waals surface area (Å²) in [6.45, 7) is 4.32. The van der Waals surface area contributed by atoms with Crippen molar-refractivity contribution < 1.29 is 9.31 Å². The fraction of sp³-hybridized carbons (Fsp3) is 0.571. The molecule has 0 amide bonds. The standard InChI is InChI=1S/C14H20FN3O2/c1-10-4-5-17(12(6-10)8-16)9-11-2-3-14(18(19)20)13(15)7-11/h2-3,7,10,12H,4-6,8-9,16H2,1H3. The highest BCUT2D eigenvalue weighted by atomic mass is 19.1. The first-order chi connectivity index (χ1) is 9.51. The van der Waals surface area contributed by atoms with Crippen molar-refractivity contribution in [1.29, 1.82) is 0 Å². The molecule has 1 saturated heterocycles. The number of hydrogen-bond donors (Lipinski definition) is 1. The summed E-state index contributed by atoms with van der Waals surface area (Å²) in [6.07, 6.45) is 2.15. The van der Waals surface area contributed by atoms with Crippen molar-refractivity contribution in [2.75, 3.05) is 13.1 Å². The predicted octanol–water partition coefficient (Wildman–Crippen LogP) is 2.29.